The van der Waals surface area contributed by atoms with Gasteiger partial charge in [0.2, 0.25) is 0 Å². The highest BCUT2D eigenvalue weighted by Gasteiger charge is 2.14. The summed E-state index contributed by atoms with van der Waals surface area (Å²) in [6.45, 7) is 10.1. The molecule has 1 aromatic heterocycles. The molecule has 0 radical (unpaired) electrons. The molecule has 0 spiro atoms. The van der Waals surface area contributed by atoms with Crippen LogP contribution in [-0.4, -0.2) is 30.6 Å². The van der Waals surface area contributed by atoms with Crippen molar-refractivity contribution in [2.24, 2.45) is 10.9 Å². The molecular weight excluding hydrogens is 330 g/mol. The van der Waals surface area contributed by atoms with Crippen LogP contribution >= 0.6 is 11.3 Å². The van der Waals surface area contributed by atoms with Crippen molar-refractivity contribution in [1.29, 1.82) is 0 Å². The highest BCUT2D eigenvalue weighted by atomic mass is 32.1. The van der Waals surface area contributed by atoms with E-state index in [9.17, 15) is 0 Å². The third kappa shape index (κ3) is 6.05. The van der Waals surface area contributed by atoms with Crippen LogP contribution in [0.2, 0.25) is 0 Å². The second-order valence-corrected chi connectivity index (χ2v) is 7.70. The van der Waals surface area contributed by atoms with Gasteiger partial charge in [-0.1, -0.05) is 32.0 Å². The average Bonchev–Trinajstić information content (AvgIpc) is 2.92. The number of hydrogen-bond donors (Lipinski definition) is 3. The van der Waals surface area contributed by atoms with E-state index in [1.165, 1.54) is 4.88 Å². The lowest BCUT2D eigenvalue weighted by Crippen LogP contribution is -2.44. The predicted octanol–water partition coefficient (Wildman–Crippen LogP) is 3.56. The summed E-state index contributed by atoms with van der Waals surface area (Å²) < 4.78 is 0. The molecule has 1 heterocycles. The van der Waals surface area contributed by atoms with E-state index in [2.05, 4.69) is 58.8 Å². The van der Waals surface area contributed by atoms with Crippen LogP contribution in [0.15, 0.2) is 35.3 Å². The molecule has 1 atom stereocenters. The summed E-state index contributed by atoms with van der Waals surface area (Å²) in [6.07, 6.45) is 0. The van der Waals surface area contributed by atoms with Gasteiger partial charge in [-0.05, 0) is 31.9 Å². The second-order valence-electron chi connectivity index (χ2n) is 6.42. The zero-order valence-electron chi connectivity index (χ0n) is 15.8. The number of nitrogens with one attached hydrogen (secondary N) is 3. The molecule has 0 saturated carbocycles. The van der Waals surface area contributed by atoms with Crippen molar-refractivity contribution in [2.75, 3.05) is 18.9 Å². The molecule has 0 aliphatic heterocycles. The minimum Gasteiger partial charge on any atom is -0.380 e. The van der Waals surface area contributed by atoms with E-state index in [0.717, 1.165) is 28.9 Å². The molecule has 2 rings (SSSR count). The largest absolute Gasteiger partial charge is 0.380 e. The third-order valence-electron chi connectivity index (χ3n) is 4.12. The fourth-order valence-electron chi connectivity index (χ4n) is 2.40. The molecule has 0 aliphatic carbocycles. The van der Waals surface area contributed by atoms with Gasteiger partial charge in [0, 0.05) is 30.2 Å². The number of rotatable bonds is 7. The lowest BCUT2D eigenvalue weighted by Gasteiger charge is -2.25. The number of anilines is 1. The fraction of sp³-hybridized carbons (Fsp3) is 0.474. The van der Waals surface area contributed by atoms with Gasteiger partial charge >= 0.3 is 0 Å². The van der Waals surface area contributed by atoms with Gasteiger partial charge in [-0.2, -0.15) is 0 Å². The first kappa shape index (κ1) is 19.2. The Balaban J connectivity index is 1.86. The van der Waals surface area contributed by atoms with E-state index < -0.39 is 0 Å². The monoisotopic (exact) mass is 359 g/mol. The minimum atomic E-state index is 0.310. The summed E-state index contributed by atoms with van der Waals surface area (Å²) in [5.74, 6) is 1.29. The van der Waals surface area contributed by atoms with Gasteiger partial charge in [-0.25, -0.2) is 4.98 Å². The maximum atomic E-state index is 4.56. The van der Waals surface area contributed by atoms with Crippen molar-refractivity contribution in [1.82, 2.24) is 15.6 Å². The van der Waals surface area contributed by atoms with Gasteiger partial charge in [-0.3, -0.25) is 4.99 Å². The van der Waals surface area contributed by atoms with Gasteiger partial charge in [0.25, 0.3) is 0 Å². The van der Waals surface area contributed by atoms with Gasteiger partial charge < -0.3 is 16.0 Å². The number of guanidine groups is 1. The quantitative estimate of drug-likeness (QED) is 0.522. The zero-order valence-corrected chi connectivity index (χ0v) is 16.6. The van der Waals surface area contributed by atoms with Gasteiger partial charge in [0.05, 0.1) is 12.2 Å². The fourth-order valence-corrected chi connectivity index (χ4v) is 3.28. The van der Waals surface area contributed by atoms with Gasteiger partial charge in [0.15, 0.2) is 5.96 Å². The van der Waals surface area contributed by atoms with Crippen LogP contribution in [0.5, 0.6) is 0 Å². The molecule has 3 N–H and O–H groups in total. The number of nitrogens with zero attached hydrogens (tertiary/aromatic N) is 2. The number of hydrogen-bond acceptors (Lipinski definition) is 4. The van der Waals surface area contributed by atoms with Crippen LogP contribution in [0.1, 0.15) is 29.4 Å². The van der Waals surface area contributed by atoms with Crippen molar-refractivity contribution in [3.05, 3.63) is 45.9 Å². The molecule has 1 unspecified atom stereocenters. The third-order valence-corrected chi connectivity index (χ3v) is 5.20. The van der Waals surface area contributed by atoms with Crippen molar-refractivity contribution >= 4 is 23.0 Å². The molecule has 0 aliphatic rings. The molecule has 6 heteroatoms. The molecule has 0 saturated heterocycles. The number of benzene rings is 1. The number of thiazole rings is 1. The van der Waals surface area contributed by atoms with Crippen molar-refractivity contribution < 1.29 is 0 Å². The van der Waals surface area contributed by atoms with Gasteiger partial charge in [-0.15, -0.1) is 11.3 Å². The molecule has 0 amide bonds. The molecule has 136 valence electrons. The van der Waals surface area contributed by atoms with E-state index in [0.29, 0.717) is 18.5 Å². The molecule has 1 aromatic carbocycles. The first-order valence-electron chi connectivity index (χ1n) is 8.68. The zero-order chi connectivity index (χ0) is 18.2. The Labute approximate surface area is 155 Å². The summed E-state index contributed by atoms with van der Waals surface area (Å²) >= 11 is 1.73. The molecule has 5 nitrogen and oxygen atoms in total. The summed E-state index contributed by atoms with van der Waals surface area (Å²) in [4.78, 5) is 10.1. The maximum Gasteiger partial charge on any atom is 0.191 e. The van der Waals surface area contributed by atoms with E-state index in [4.69, 9.17) is 0 Å². The molecular formula is C19H29N5S. The van der Waals surface area contributed by atoms with E-state index in [-0.39, 0.29) is 0 Å². The Bertz CT molecular complexity index is 659. The summed E-state index contributed by atoms with van der Waals surface area (Å²) in [5.41, 5.74) is 2.25. The first-order chi connectivity index (χ1) is 12.0. The summed E-state index contributed by atoms with van der Waals surface area (Å²) in [7, 11) is 1.79. The van der Waals surface area contributed by atoms with Crippen LogP contribution in [0, 0.1) is 19.8 Å². The lowest BCUT2D eigenvalue weighted by molar-refractivity contribution is 0.512. The highest BCUT2D eigenvalue weighted by Crippen LogP contribution is 2.16. The van der Waals surface area contributed by atoms with Crippen LogP contribution in [0.4, 0.5) is 5.69 Å². The lowest BCUT2D eigenvalue weighted by atomic mass is 10.0. The number of aryl methyl sites for hydroxylation is 2. The van der Waals surface area contributed by atoms with Crippen molar-refractivity contribution in [2.45, 2.75) is 40.3 Å². The smallest absolute Gasteiger partial charge is 0.191 e. The van der Waals surface area contributed by atoms with Crippen molar-refractivity contribution in [3.8, 4) is 0 Å². The van der Waals surface area contributed by atoms with Crippen LogP contribution in [0.3, 0.4) is 0 Å². The van der Waals surface area contributed by atoms with Gasteiger partial charge in [0.1, 0.15) is 5.01 Å². The summed E-state index contributed by atoms with van der Waals surface area (Å²) in [5, 5.41) is 11.4. The average molecular weight is 360 g/mol. The maximum absolute atomic E-state index is 4.56. The standard InChI is InChI=1S/C19H29N5S/c1-13(2)17(24-16-9-7-6-8-10-16)11-21-19(20-5)22-12-18-23-14(3)15(4)25-18/h6-10,13,17,24H,11-12H2,1-5H3,(H2,20,21,22). The molecule has 25 heavy (non-hydrogen) atoms. The van der Waals surface area contributed by atoms with E-state index >= 15 is 0 Å². The topological polar surface area (TPSA) is 61.3 Å². The van der Waals surface area contributed by atoms with Crippen LogP contribution in [0.25, 0.3) is 0 Å². The second kappa shape index (κ2) is 9.42. The summed E-state index contributed by atoms with van der Waals surface area (Å²) in [6, 6.07) is 10.6. The van der Waals surface area contributed by atoms with E-state index in [1.54, 1.807) is 18.4 Å². The Morgan fingerprint density at radius 3 is 2.44 bits per heavy atom. The Kier molecular flexibility index (Phi) is 7.25. The van der Waals surface area contributed by atoms with Crippen LogP contribution in [-0.2, 0) is 6.54 Å². The number of para-hydroxylation sites is 1. The predicted molar refractivity (Wildman–Crippen MR) is 108 cm³/mol. The van der Waals surface area contributed by atoms with Crippen molar-refractivity contribution in [3.63, 3.8) is 0 Å². The Morgan fingerprint density at radius 2 is 1.88 bits per heavy atom. The highest BCUT2D eigenvalue weighted by molar-refractivity contribution is 7.11. The Hall–Kier alpha value is -2.08. The first-order valence-corrected chi connectivity index (χ1v) is 9.50. The minimum absolute atomic E-state index is 0.310. The normalized spacial score (nSPS) is 13.0. The van der Waals surface area contributed by atoms with E-state index in [1.807, 2.05) is 25.1 Å². The molecule has 2 aromatic rings. The number of aliphatic imine (C=N–C) groups is 1. The SMILES string of the molecule is CN=C(NCc1nc(C)c(C)s1)NCC(Nc1ccccc1)C(C)C. The number of aromatic nitrogens is 1. The van der Waals surface area contributed by atoms with Crippen LogP contribution < -0.4 is 16.0 Å². The molecule has 0 bridgehead atoms. The molecule has 0 fully saturated rings. The Morgan fingerprint density at radius 1 is 1.16 bits per heavy atom.